The summed E-state index contributed by atoms with van der Waals surface area (Å²) >= 11 is 0. The molecular weight excluding hydrogens is 774 g/mol. The second-order valence-electron chi connectivity index (χ2n) is 14.2. The topological polar surface area (TPSA) is 47.5 Å². The predicted molar refractivity (Wildman–Crippen MR) is 192 cm³/mol. The van der Waals surface area contributed by atoms with Crippen LogP contribution in [0.2, 0.25) is 19.6 Å². The van der Waals surface area contributed by atoms with E-state index in [9.17, 15) is 0 Å². The van der Waals surface area contributed by atoms with Crippen LogP contribution in [0.5, 0.6) is 0 Å². The first-order valence-corrected chi connectivity index (χ1v) is 19.3. The number of hydrogen-bond donors (Lipinski definition) is 0. The summed E-state index contributed by atoms with van der Waals surface area (Å²) in [5, 5.41) is 1.29. The van der Waals surface area contributed by atoms with Gasteiger partial charge in [-0.25, -0.2) is 4.98 Å². The number of aromatic nitrogens is 5. The van der Waals surface area contributed by atoms with Gasteiger partial charge in [-0.15, -0.1) is 35.4 Å². The fourth-order valence-electron chi connectivity index (χ4n) is 6.38. The van der Waals surface area contributed by atoms with Gasteiger partial charge in [-0.1, -0.05) is 100 Å². The van der Waals surface area contributed by atoms with Gasteiger partial charge >= 0.3 is 21.1 Å². The fraction of sp³-hybridized carbons (Fsp3) is 0.175. The van der Waals surface area contributed by atoms with Crippen LogP contribution in [0.3, 0.4) is 0 Å². The van der Waals surface area contributed by atoms with Gasteiger partial charge in [0.15, 0.2) is 0 Å². The second kappa shape index (κ2) is 11.4. The van der Waals surface area contributed by atoms with Crippen LogP contribution in [0.1, 0.15) is 26.3 Å². The zero-order chi connectivity index (χ0) is 31.8. The molecule has 8 aromatic rings. The average molecular weight is 809 g/mol. The summed E-state index contributed by atoms with van der Waals surface area (Å²) in [6, 6.07) is 41.2. The van der Waals surface area contributed by atoms with E-state index in [0.717, 1.165) is 61.4 Å². The molecule has 4 heterocycles. The molecule has 0 unspecified atom stereocenters. The van der Waals surface area contributed by atoms with Crippen molar-refractivity contribution in [2.24, 2.45) is 0 Å². The molecule has 7 heteroatoms. The molecule has 0 aliphatic rings. The van der Waals surface area contributed by atoms with Crippen LogP contribution < -0.4 is 5.32 Å². The summed E-state index contributed by atoms with van der Waals surface area (Å²) in [6.45, 7) is 13.9. The molecule has 0 N–H and O–H groups in total. The number of imidazole rings is 2. The van der Waals surface area contributed by atoms with E-state index in [-0.39, 0.29) is 26.5 Å². The Morgan fingerprint density at radius 1 is 0.745 bits per heavy atom. The normalized spacial score (nSPS) is 12.3. The van der Waals surface area contributed by atoms with Crippen molar-refractivity contribution in [2.45, 2.75) is 45.8 Å². The molecule has 0 radical (unpaired) electrons. The van der Waals surface area contributed by atoms with E-state index in [4.69, 9.17) is 15.0 Å². The van der Waals surface area contributed by atoms with E-state index >= 15 is 0 Å². The molecule has 0 saturated heterocycles. The van der Waals surface area contributed by atoms with Gasteiger partial charge in [-0.3, -0.25) is 18.8 Å². The molecule has 0 aliphatic heterocycles. The van der Waals surface area contributed by atoms with Crippen LogP contribution in [0.25, 0.3) is 67.0 Å². The Bertz CT molecular complexity index is 2450. The van der Waals surface area contributed by atoms with Crippen LogP contribution in [0, 0.1) is 12.1 Å². The van der Waals surface area contributed by atoms with E-state index < -0.39 is 8.07 Å². The van der Waals surface area contributed by atoms with E-state index in [0.29, 0.717) is 0 Å². The number of nitrogens with zero attached hydrogens (tertiary/aromatic N) is 5. The van der Waals surface area contributed by atoms with Gasteiger partial charge in [0.25, 0.3) is 0 Å². The number of hydrogen-bond acceptors (Lipinski definition) is 3. The summed E-state index contributed by atoms with van der Waals surface area (Å²) in [7, 11) is -1.82. The summed E-state index contributed by atoms with van der Waals surface area (Å²) in [5.41, 5.74) is 12.2. The van der Waals surface area contributed by atoms with E-state index in [1.54, 1.807) is 0 Å². The maximum Gasteiger partial charge on any atom is 2.00 e. The smallest absolute Gasteiger partial charge is 0.295 e. The third-order valence-corrected chi connectivity index (χ3v) is 10.7. The standard InChI is InChI=1S/C40H35N5Si.Pt/c1-40(2,3)30-22-28(21-29(23-30)33-24-27(19-20-41-33)26-13-8-7-9-14-26)31-15-12-18-35-38(31)43-39-44-34-17-11-10-16-32(34)42-36(44)25-37(45(35)39)46(4,5)6;/h7-16,18-20,22-25H,1-6H3;/q-2;+2. The van der Waals surface area contributed by atoms with Gasteiger partial charge < -0.3 is 0 Å². The van der Waals surface area contributed by atoms with Crippen molar-refractivity contribution in [2.75, 3.05) is 0 Å². The van der Waals surface area contributed by atoms with Crippen molar-refractivity contribution < 1.29 is 21.1 Å². The first-order valence-electron chi connectivity index (χ1n) is 15.8. The first-order chi connectivity index (χ1) is 22.1. The molecule has 0 spiro atoms. The van der Waals surface area contributed by atoms with Crippen molar-refractivity contribution in [3.63, 3.8) is 0 Å². The van der Waals surface area contributed by atoms with Gasteiger partial charge in [0.1, 0.15) is 5.65 Å². The minimum atomic E-state index is -1.82. The summed E-state index contributed by atoms with van der Waals surface area (Å²) < 4.78 is 4.52. The molecule has 5 nitrogen and oxygen atoms in total. The van der Waals surface area contributed by atoms with Crippen LogP contribution >= 0.6 is 0 Å². The van der Waals surface area contributed by atoms with Crippen LogP contribution in [-0.4, -0.2) is 31.8 Å². The molecule has 0 aliphatic carbocycles. The molecule has 234 valence electrons. The number of rotatable bonds is 4. The van der Waals surface area contributed by atoms with Crippen molar-refractivity contribution in [3.8, 4) is 33.5 Å². The van der Waals surface area contributed by atoms with Gasteiger partial charge in [0.05, 0.1) is 19.1 Å². The third kappa shape index (κ3) is 5.34. The maximum absolute atomic E-state index is 5.42. The average Bonchev–Trinajstić information content (AvgIpc) is 3.62. The van der Waals surface area contributed by atoms with Gasteiger partial charge in [0.2, 0.25) is 5.78 Å². The summed E-state index contributed by atoms with van der Waals surface area (Å²) in [6.07, 6.45) is 1.90. The first kappa shape index (κ1) is 31.2. The quantitative estimate of drug-likeness (QED) is 0.132. The SMILES string of the molecule is CC(C)(C)c1cc(-c2cc(-c3ccccc3)ccn2)[c-]c(-c2cccc3c2nc2n3c([Si](C)(C)C)cc3nc4ccc[c-]c4n32)c1.[Pt+2]. The Hall–Kier alpha value is -4.38. The molecule has 0 saturated carbocycles. The Morgan fingerprint density at radius 2 is 1.53 bits per heavy atom. The van der Waals surface area contributed by atoms with E-state index in [1.165, 1.54) is 16.4 Å². The molecule has 8 rings (SSSR count). The van der Waals surface area contributed by atoms with Crippen molar-refractivity contribution in [1.82, 2.24) is 23.8 Å². The summed E-state index contributed by atoms with van der Waals surface area (Å²) in [5.74, 6) is 0.867. The number of para-hydroxylation sites is 2. The van der Waals surface area contributed by atoms with Crippen molar-refractivity contribution in [1.29, 1.82) is 0 Å². The molecule has 0 bridgehead atoms. The molecule has 4 aromatic carbocycles. The maximum atomic E-state index is 5.42. The fourth-order valence-corrected chi connectivity index (χ4v) is 7.83. The Balaban J connectivity index is 0.00000351. The minimum Gasteiger partial charge on any atom is -0.295 e. The van der Waals surface area contributed by atoms with Crippen molar-refractivity contribution >= 4 is 46.9 Å². The number of benzene rings is 4. The molecule has 4 aromatic heterocycles. The number of pyridine rings is 1. The van der Waals surface area contributed by atoms with Crippen LogP contribution in [-0.2, 0) is 26.5 Å². The Morgan fingerprint density at radius 3 is 2.30 bits per heavy atom. The predicted octanol–water partition coefficient (Wildman–Crippen LogP) is 9.12. The van der Waals surface area contributed by atoms with Gasteiger partial charge in [-0.2, -0.15) is 18.2 Å². The molecular formula is C40H35N5PtSi. The minimum absolute atomic E-state index is 0. The van der Waals surface area contributed by atoms with E-state index in [1.807, 2.05) is 30.5 Å². The van der Waals surface area contributed by atoms with Crippen LogP contribution in [0.15, 0.2) is 103 Å². The third-order valence-electron chi connectivity index (χ3n) is 8.81. The zero-order valence-electron chi connectivity index (χ0n) is 27.4. The second-order valence-corrected chi connectivity index (χ2v) is 19.2. The Labute approximate surface area is 290 Å². The monoisotopic (exact) mass is 808 g/mol. The zero-order valence-corrected chi connectivity index (χ0v) is 30.6. The van der Waals surface area contributed by atoms with Crippen molar-refractivity contribution in [3.05, 3.63) is 121 Å². The number of fused-ring (bicyclic) bond motifs is 7. The van der Waals surface area contributed by atoms with E-state index in [2.05, 4.69) is 134 Å². The molecule has 0 fully saturated rings. The Kier molecular flexibility index (Phi) is 7.57. The van der Waals surface area contributed by atoms with Gasteiger partial charge in [-0.05, 0) is 45.8 Å². The van der Waals surface area contributed by atoms with Gasteiger partial charge in [0, 0.05) is 17.2 Å². The molecule has 0 amide bonds. The summed E-state index contributed by atoms with van der Waals surface area (Å²) in [4.78, 5) is 15.2. The van der Waals surface area contributed by atoms with Crippen LogP contribution in [0.4, 0.5) is 0 Å². The molecule has 47 heavy (non-hydrogen) atoms. The molecule has 0 atom stereocenters. The largest absolute Gasteiger partial charge is 2.00 e.